The lowest BCUT2D eigenvalue weighted by Crippen LogP contribution is -1.88. The Balaban J connectivity index is 2.41. The Morgan fingerprint density at radius 1 is 1.06 bits per heavy atom. The topological polar surface area (TPSA) is 9.23 Å². The van der Waals surface area contributed by atoms with Crippen molar-refractivity contribution in [3.8, 4) is 16.9 Å². The molecule has 0 spiro atoms. The van der Waals surface area contributed by atoms with Crippen LogP contribution in [0.15, 0.2) is 48.5 Å². The van der Waals surface area contributed by atoms with Gasteiger partial charge in [0.1, 0.15) is 11.6 Å². The van der Waals surface area contributed by atoms with Crippen molar-refractivity contribution in [3.63, 3.8) is 0 Å². The summed E-state index contributed by atoms with van der Waals surface area (Å²) >= 11 is 0. The fraction of sp³-hybridized carbons (Fsp3) is 0.125. The lowest BCUT2D eigenvalue weighted by Gasteiger charge is -2.06. The Kier molecular flexibility index (Phi) is 3.78. The molecule has 0 heterocycles. The van der Waals surface area contributed by atoms with E-state index in [2.05, 4.69) is 0 Å². The van der Waals surface area contributed by atoms with E-state index >= 15 is 0 Å². The maximum absolute atomic E-state index is 13.8. The van der Waals surface area contributed by atoms with Gasteiger partial charge in [0.2, 0.25) is 0 Å². The van der Waals surface area contributed by atoms with Crippen LogP contribution in [0.5, 0.6) is 5.75 Å². The molecule has 1 nitrogen and oxygen atoms in total. The van der Waals surface area contributed by atoms with Gasteiger partial charge >= 0.3 is 0 Å². The molecule has 0 atom stereocenters. The minimum absolute atomic E-state index is 0.241. The van der Waals surface area contributed by atoms with Crippen LogP contribution in [0.4, 0.5) is 4.39 Å². The van der Waals surface area contributed by atoms with E-state index in [4.69, 9.17) is 4.74 Å². The molecular formula is C16H15FO. The summed E-state index contributed by atoms with van der Waals surface area (Å²) in [6, 6.07) is 12.5. The van der Waals surface area contributed by atoms with Crippen LogP contribution in [0.1, 0.15) is 12.5 Å². The van der Waals surface area contributed by atoms with Crippen molar-refractivity contribution < 1.29 is 9.13 Å². The predicted molar refractivity (Wildman–Crippen MR) is 73.1 cm³/mol. The highest BCUT2D eigenvalue weighted by molar-refractivity contribution is 5.67. The number of allylic oxidation sites excluding steroid dienone is 1. The molecule has 2 aromatic rings. The van der Waals surface area contributed by atoms with Gasteiger partial charge in [-0.15, -0.1) is 0 Å². The molecule has 2 aromatic carbocycles. The normalized spacial score (nSPS) is 10.8. The van der Waals surface area contributed by atoms with Crippen LogP contribution in [-0.2, 0) is 0 Å². The molecule has 0 aromatic heterocycles. The standard InChI is InChI=1S/C16H15FO/c1-3-4-12-5-7-13(8-6-12)15-11-14(18-2)9-10-16(15)17/h3-11H,1-2H3/b4-3+. The van der Waals surface area contributed by atoms with Crippen molar-refractivity contribution >= 4 is 6.08 Å². The maximum atomic E-state index is 13.8. The first kappa shape index (κ1) is 12.4. The molecule has 0 fully saturated rings. The molecule has 0 saturated carbocycles. The number of benzene rings is 2. The van der Waals surface area contributed by atoms with Crippen LogP contribution in [-0.4, -0.2) is 7.11 Å². The smallest absolute Gasteiger partial charge is 0.131 e. The lowest BCUT2D eigenvalue weighted by molar-refractivity contribution is 0.414. The van der Waals surface area contributed by atoms with Gasteiger partial charge in [-0.2, -0.15) is 0 Å². The summed E-state index contributed by atoms with van der Waals surface area (Å²) in [5.41, 5.74) is 2.51. The van der Waals surface area contributed by atoms with Gasteiger partial charge in [0, 0.05) is 5.56 Å². The molecule has 0 unspecified atom stereocenters. The molecule has 0 aliphatic heterocycles. The first-order valence-electron chi connectivity index (χ1n) is 5.81. The van der Waals surface area contributed by atoms with E-state index in [1.54, 1.807) is 19.2 Å². The van der Waals surface area contributed by atoms with E-state index in [1.165, 1.54) is 6.07 Å². The molecule has 0 saturated heterocycles. The van der Waals surface area contributed by atoms with Gasteiger partial charge in [-0.3, -0.25) is 0 Å². The van der Waals surface area contributed by atoms with Gasteiger partial charge in [-0.1, -0.05) is 36.4 Å². The number of methoxy groups -OCH3 is 1. The zero-order valence-electron chi connectivity index (χ0n) is 10.5. The quantitative estimate of drug-likeness (QED) is 0.768. The van der Waals surface area contributed by atoms with Gasteiger partial charge in [-0.25, -0.2) is 4.39 Å². The number of rotatable bonds is 3. The molecule has 0 bridgehead atoms. The summed E-state index contributed by atoms with van der Waals surface area (Å²) in [5, 5.41) is 0. The van der Waals surface area contributed by atoms with Crippen LogP contribution in [0.3, 0.4) is 0 Å². The van der Waals surface area contributed by atoms with Crippen molar-refractivity contribution in [1.82, 2.24) is 0 Å². The molecule has 0 aliphatic rings. The van der Waals surface area contributed by atoms with E-state index in [1.807, 2.05) is 43.3 Å². The fourth-order valence-corrected chi connectivity index (χ4v) is 1.82. The largest absolute Gasteiger partial charge is 0.497 e. The van der Waals surface area contributed by atoms with Crippen molar-refractivity contribution in [2.45, 2.75) is 6.92 Å². The van der Waals surface area contributed by atoms with Crippen LogP contribution in [0, 0.1) is 5.82 Å². The molecule has 2 heteroatoms. The summed E-state index contributed by atoms with van der Waals surface area (Å²) in [7, 11) is 1.58. The monoisotopic (exact) mass is 242 g/mol. The summed E-state index contributed by atoms with van der Waals surface area (Å²) in [5.74, 6) is 0.415. The van der Waals surface area contributed by atoms with E-state index in [-0.39, 0.29) is 5.82 Å². The van der Waals surface area contributed by atoms with Crippen molar-refractivity contribution in [1.29, 1.82) is 0 Å². The second-order valence-corrected chi connectivity index (χ2v) is 3.97. The third-order valence-electron chi connectivity index (χ3n) is 2.75. The molecular weight excluding hydrogens is 227 g/mol. The average Bonchev–Trinajstić information content (AvgIpc) is 2.41. The number of hydrogen-bond donors (Lipinski definition) is 0. The Morgan fingerprint density at radius 3 is 2.39 bits per heavy atom. The lowest BCUT2D eigenvalue weighted by atomic mass is 10.0. The minimum Gasteiger partial charge on any atom is -0.497 e. The molecule has 92 valence electrons. The van der Waals surface area contributed by atoms with Crippen molar-refractivity contribution in [3.05, 3.63) is 59.9 Å². The second kappa shape index (κ2) is 5.50. The molecule has 18 heavy (non-hydrogen) atoms. The zero-order chi connectivity index (χ0) is 13.0. The van der Waals surface area contributed by atoms with Crippen LogP contribution >= 0.6 is 0 Å². The fourth-order valence-electron chi connectivity index (χ4n) is 1.82. The summed E-state index contributed by atoms with van der Waals surface area (Å²) in [4.78, 5) is 0. The molecule has 2 rings (SSSR count). The van der Waals surface area contributed by atoms with Crippen LogP contribution in [0.25, 0.3) is 17.2 Å². The van der Waals surface area contributed by atoms with E-state index in [0.29, 0.717) is 11.3 Å². The Hall–Kier alpha value is -2.09. The zero-order valence-corrected chi connectivity index (χ0v) is 10.5. The number of hydrogen-bond acceptors (Lipinski definition) is 1. The van der Waals surface area contributed by atoms with E-state index in [0.717, 1.165) is 11.1 Å². The van der Waals surface area contributed by atoms with E-state index in [9.17, 15) is 4.39 Å². The van der Waals surface area contributed by atoms with Crippen molar-refractivity contribution in [2.75, 3.05) is 7.11 Å². The maximum Gasteiger partial charge on any atom is 0.131 e. The number of halogens is 1. The van der Waals surface area contributed by atoms with Gasteiger partial charge in [-0.05, 0) is 36.2 Å². The molecule has 0 aliphatic carbocycles. The third kappa shape index (κ3) is 2.59. The highest BCUT2D eigenvalue weighted by Crippen LogP contribution is 2.27. The highest BCUT2D eigenvalue weighted by atomic mass is 19.1. The Morgan fingerprint density at radius 2 is 1.78 bits per heavy atom. The van der Waals surface area contributed by atoms with Crippen molar-refractivity contribution in [2.24, 2.45) is 0 Å². The SMILES string of the molecule is C/C=C/c1ccc(-c2cc(OC)ccc2F)cc1. The predicted octanol–water partition coefficient (Wildman–Crippen LogP) is 4.53. The second-order valence-electron chi connectivity index (χ2n) is 3.97. The van der Waals surface area contributed by atoms with Crippen LogP contribution in [0.2, 0.25) is 0 Å². The van der Waals surface area contributed by atoms with Gasteiger partial charge in [0.25, 0.3) is 0 Å². The highest BCUT2D eigenvalue weighted by Gasteiger charge is 2.06. The van der Waals surface area contributed by atoms with Gasteiger partial charge < -0.3 is 4.74 Å². The van der Waals surface area contributed by atoms with Crippen LogP contribution < -0.4 is 4.74 Å². The first-order valence-corrected chi connectivity index (χ1v) is 5.81. The van der Waals surface area contributed by atoms with Gasteiger partial charge in [0.05, 0.1) is 7.11 Å². The Labute approximate surface area is 107 Å². The minimum atomic E-state index is -0.241. The summed E-state index contributed by atoms with van der Waals surface area (Å²) < 4.78 is 18.9. The summed E-state index contributed by atoms with van der Waals surface area (Å²) in [6.07, 6.45) is 3.98. The number of ether oxygens (including phenoxy) is 1. The third-order valence-corrected chi connectivity index (χ3v) is 2.75. The average molecular weight is 242 g/mol. The first-order chi connectivity index (χ1) is 8.74. The molecule has 0 amide bonds. The Bertz CT molecular complexity index is 556. The molecule has 0 N–H and O–H groups in total. The molecule has 0 radical (unpaired) electrons. The van der Waals surface area contributed by atoms with Gasteiger partial charge in [0.15, 0.2) is 0 Å². The summed E-state index contributed by atoms with van der Waals surface area (Å²) in [6.45, 7) is 1.97. The van der Waals surface area contributed by atoms with E-state index < -0.39 is 0 Å².